The van der Waals surface area contributed by atoms with Crippen LogP contribution in [0.5, 0.6) is 11.5 Å². The molecule has 0 bridgehead atoms. The third-order valence-corrected chi connectivity index (χ3v) is 5.51. The van der Waals surface area contributed by atoms with Crippen LogP contribution in [0.15, 0.2) is 55.0 Å². The number of nitrogens with one attached hydrogen (secondary N) is 1. The lowest BCUT2D eigenvalue weighted by atomic mass is 10.2. The molecule has 0 unspecified atom stereocenters. The zero-order valence-electron chi connectivity index (χ0n) is 19.7. The minimum atomic E-state index is 0.318. The molecule has 0 saturated carbocycles. The average Bonchev–Trinajstić information content (AvgIpc) is 3.26. The summed E-state index contributed by atoms with van der Waals surface area (Å²) in [4.78, 5) is 11.8. The second-order valence-electron chi connectivity index (χ2n) is 8.15. The lowest BCUT2D eigenvalue weighted by Gasteiger charge is -2.29. The van der Waals surface area contributed by atoms with Crippen molar-refractivity contribution < 1.29 is 9.47 Å². The van der Waals surface area contributed by atoms with Crippen LogP contribution in [0.3, 0.4) is 0 Å². The molecule has 0 atom stereocenters. The first-order valence-corrected chi connectivity index (χ1v) is 11.0. The third kappa shape index (κ3) is 5.16. The van der Waals surface area contributed by atoms with E-state index < -0.39 is 0 Å². The molecule has 4 rings (SSSR count). The Morgan fingerprint density at radius 1 is 1.00 bits per heavy atom. The third-order valence-electron chi connectivity index (χ3n) is 5.51. The molecule has 4 aromatic rings. The summed E-state index contributed by atoms with van der Waals surface area (Å²) < 4.78 is 12.5. The van der Waals surface area contributed by atoms with Gasteiger partial charge in [0.1, 0.15) is 11.5 Å². The van der Waals surface area contributed by atoms with Gasteiger partial charge in [-0.15, -0.1) is 0 Å². The number of aromatic nitrogens is 4. The summed E-state index contributed by atoms with van der Waals surface area (Å²) in [6.45, 7) is 5.96. The Morgan fingerprint density at radius 3 is 2.39 bits per heavy atom. The summed E-state index contributed by atoms with van der Waals surface area (Å²) in [5.74, 6) is 1.52. The summed E-state index contributed by atoms with van der Waals surface area (Å²) in [7, 11) is 5.20. The Balaban J connectivity index is 1.53. The van der Waals surface area contributed by atoms with Gasteiger partial charge in [-0.2, -0.15) is 5.10 Å². The zero-order chi connectivity index (χ0) is 23.4. The van der Waals surface area contributed by atoms with Crippen molar-refractivity contribution in [3.63, 3.8) is 0 Å². The Hall–Kier alpha value is -3.81. The van der Waals surface area contributed by atoms with Crippen molar-refractivity contribution in [2.24, 2.45) is 7.05 Å². The summed E-state index contributed by atoms with van der Waals surface area (Å²) in [6.07, 6.45) is 5.55. The van der Waals surface area contributed by atoms with Crippen LogP contribution in [-0.2, 0) is 7.05 Å². The summed E-state index contributed by atoms with van der Waals surface area (Å²) in [6, 6.07) is 12.4. The predicted molar refractivity (Wildman–Crippen MR) is 132 cm³/mol. The maximum absolute atomic E-state index is 5.37. The van der Waals surface area contributed by atoms with Gasteiger partial charge in [-0.05, 0) is 32.0 Å². The zero-order valence-corrected chi connectivity index (χ0v) is 19.7. The Bertz CT molecular complexity index is 1210. The molecule has 0 fully saturated rings. The minimum Gasteiger partial charge on any atom is -0.497 e. The first-order valence-electron chi connectivity index (χ1n) is 11.0. The van der Waals surface area contributed by atoms with Crippen molar-refractivity contribution in [3.05, 3.63) is 55.0 Å². The Labute approximate surface area is 194 Å². The van der Waals surface area contributed by atoms with Gasteiger partial charge in [0.15, 0.2) is 0 Å². The molecule has 33 heavy (non-hydrogen) atoms. The number of benzene rings is 2. The first kappa shape index (κ1) is 22.4. The van der Waals surface area contributed by atoms with E-state index in [1.807, 2.05) is 37.5 Å². The molecular formula is C25H30N6O2. The number of anilines is 2. The molecule has 172 valence electrons. The summed E-state index contributed by atoms with van der Waals surface area (Å²) in [5.41, 5.74) is 5.58. The highest BCUT2D eigenvalue weighted by molar-refractivity contribution is 5.81. The molecule has 8 nitrogen and oxygen atoms in total. The van der Waals surface area contributed by atoms with Crippen LogP contribution in [0.2, 0.25) is 0 Å². The highest BCUT2D eigenvalue weighted by Crippen LogP contribution is 2.27. The molecule has 1 N–H and O–H groups in total. The lowest BCUT2D eigenvalue weighted by molar-refractivity contribution is 0.394. The van der Waals surface area contributed by atoms with Gasteiger partial charge < -0.3 is 19.7 Å². The molecule has 0 spiro atoms. The SMILES string of the molecule is COc1cc(NCCN(c2ccc3ncc(-c4cnn(C)c4)nc3c2)C(C)C)cc(OC)c1. The number of aryl methyl sites for hydroxylation is 1. The van der Waals surface area contributed by atoms with Crippen LogP contribution in [0.4, 0.5) is 11.4 Å². The van der Waals surface area contributed by atoms with Gasteiger partial charge >= 0.3 is 0 Å². The fourth-order valence-corrected chi connectivity index (χ4v) is 3.79. The minimum absolute atomic E-state index is 0.318. The molecule has 0 saturated heterocycles. The van der Waals surface area contributed by atoms with E-state index in [1.165, 1.54) is 0 Å². The number of ether oxygens (including phenoxy) is 2. The van der Waals surface area contributed by atoms with Crippen molar-refractivity contribution >= 4 is 22.4 Å². The summed E-state index contributed by atoms with van der Waals surface area (Å²) >= 11 is 0. The Kier molecular flexibility index (Phi) is 6.63. The largest absolute Gasteiger partial charge is 0.497 e. The molecule has 0 aliphatic heterocycles. The predicted octanol–water partition coefficient (Wildman–Crippen LogP) is 4.37. The molecule has 0 aliphatic carbocycles. The normalized spacial score (nSPS) is 11.1. The van der Waals surface area contributed by atoms with E-state index in [2.05, 4.69) is 46.3 Å². The molecule has 8 heteroatoms. The molecular weight excluding hydrogens is 416 g/mol. The van der Waals surface area contributed by atoms with Crippen LogP contribution in [0.1, 0.15) is 13.8 Å². The number of rotatable bonds is 9. The monoisotopic (exact) mass is 446 g/mol. The van der Waals surface area contributed by atoms with Gasteiger partial charge in [0.2, 0.25) is 0 Å². The van der Waals surface area contributed by atoms with Gasteiger partial charge in [0.05, 0.1) is 43.3 Å². The fraction of sp³-hybridized carbons (Fsp3) is 0.320. The van der Waals surface area contributed by atoms with Crippen molar-refractivity contribution in [3.8, 4) is 22.8 Å². The van der Waals surface area contributed by atoms with Crippen LogP contribution < -0.4 is 19.7 Å². The van der Waals surface area contributed by atoms with E-state index in [1.54, 1.807) is 31.3 Å². The number of nitrogens with zero attached hydrogens (tertiary/aromatic N) is 5. The molecule has 2 aromatic carbocycles. The fourth-order valence-electron chi connectivity index (χ4n) is 3.79. The molecule has 2 heterocycles. The molecule has 2 aromatic heterocycles. The van der Waals surface area contributed by atoms with Crippen LogP contribution in [-0.4, -0.2) is 53.1 Å². The number of hydrogen-bond acceptors (Lipinski definition) is 7. The van der Waals surface area contributed by atoms with E-state index in [9.17, 15) is 0 Å². The number of fused-ring (bicyclic) bond motifs is 1. The van der Waals surface area contributed by atoms with E-state index in [4.69, 9.17) is 14.5 Å². The van der Waals surface area contributed by atoms with Crippen LogP contribution >= 0.6 is 0 Å². The second-order valence-corrected chi connectivity index (χ2v) is 8.15. The number of hydrogen-bond donors (Lipinski definition) is 1. The highest BCUT2D eigenvalue weighted by Gasteiger charge is 2.13. The van der Waals surface area contributed by atoms with Crippen LogP contribution in [0, 0.1) is 0 Å². The smallest absolute Gasteiger partial charge is 0.124 e. The van der Waals surface area contributed by atoms with Gasteiger partial charge in [0, 0.05) is 67.5 Å². The average molecular weight is 447 g/mol. The van der Waals surface area contributed by atoms with Crippen molar-refractivity contribution in [2.45, 2.75) is 19.9 Å². The van der Waals surface area contributed by atoms with Crippen LogP contribution in [0.25, 0.3) is 22.3 Å². The van der Waals surface area contributed by atoms with Gasteiger partial charge in [-0.3, -0.25) is 9.67 Å². The van der Waals surface area contributed by atoms with Crippen molar-refractivity contribution in [2.75, 3.05) is 37.5 Å². The van der Waals surface area contributed by atoms with Crippen molar-refractivity contribution in [1.29, 1.82) is 0 Å². The lowest BCUT2D eigenvalue weighted by Crippen LogP contribution is -2.35. The van der Waals surface area contributed by atoms with E-state index in [-0.39, 0.29) is 0 Å². The standard InChI is InChI=1S/C25H30N6O2/c1-17(2)31(9-8-26-19-10-21(32-4)13-22(11-19)33-5)20-6-7-23-24(12-20)29-25(15-27-23)18-14-28-30(3)16-18/h6-7,10-17,26H,8-9H2,1-5H3. The molecule has 0 radical (unpaired) electrons. The van der Waals surface area contributed by atoms with E-state index in [0.29, 0.717) is 6.04 Å². The first-order chi connectivity index (χ1) is 16.0. The maximum Gasteiger partial charge on any atom is 0.124 e. The van der Waals surface area contributed by atoms with Crippen molar-refractivity contribution in [1.82, 2.24) is 19.7 Å². The Morgan fingerprint density at radius 2 is 1.76 bits per heavy atom. The maximum atomic E-state index is 5.37. The topological polar surface area (TPSA) is 77.3 Å². The molecule has 0 aliphatic rings. The highest BCUT2D eigenvalue weighted by atomic mass is 16.5. The van der Waals surface area contributed by atoms with Gasteiger partial charge in [-0.25, -0.2) is 4.98 Å². The number of methoxy groups -OCH3 is 2. The van der Waals surface area contributed by atoms with Gasteiger partial charge in [0.25, 0.3) is 0 Å². The quantitative estimate of drug-likeness (QED) is 0.409. The van der Waals surface area contributed by atoms with Gasteiger partial charge in [-0.1, -0.05) is 0 Å². The van der Waals surface area contributed by atoms with E-state index in [0.717, 1.165) is 58.3 Å². The van der Waals surface area contributed by atoms with E-state index >= 15 is 0 Å². The molecule has 0 amide bonds. The second kappa shape index (κ2) is 9.77. The summed E-state index contributed by atoms with van der Waals surface area (Å²) in [5, 5.41) is 7.72.